The number of phenolic OH excluding ortho intramolecular Hbond substituents is 1. The monoisotopic (exact) mass is 276 g/mol. The molecule has 4 heteroatoms. The molecule has 4 nitrogen and oxygen atoms in total. The Hall–Kier alpha value is -1.55. The molecule has 1 fully saturated rings. The highest BCUT2D eigenvalue weighted by molar-refractivity contribution is 5.97. The van der Waals surface area contributed by atoms with Crippen LogP contribution in [0.1, 0.15) is 35.2 Å². The zero-order valence-electron chi connectivity index (χ0n) is 12.8. The van der Waals surface area contributed by atoms with Gasteiger partial charge in [0.05, 0.1) is 5.56 Å². The van der Waals surface area contributed by atoms with Gasteiger partial charge in [-0.05, 0) is 51.9 Å². The third kappa shape index (κ3) is 2.52. The van der Waals surface area contributed by atoms with Crippen LogP contribution in [0.4, 0.5) is 0 Å². The Balaban J connectivity index is 2.15. The molecule has 1 aromatic rings. The van der Waals surface area contributed by atoms with Crippen molar-refractivity contribution in [3.63, 3.8) is 0 Å². The van der Waals surface area contributed by atoms with Gasteiger partial charge in [0.2, 0.25) is 0 Å². The Bertz CT molecular complexity index is 507. The average Bonchev–Trinajstić information content (AvgIpc) is 2.35. The van der Waals surface area contributed by atoms with Crippen LogP contribution in [0.15, 0.2) is 18.2 Å². The van der Waals surface area contributed by atoms with Crippen molar-refractivity contribution < 1.29 is 9.90 Å². The molecule has 0 heterocycles. The van der Waals surface area contributed by atoms with Crippen LogP contribution >= 0.6 is 0 Å². The maximum Gasteiger partial charge on any atom is 0.257 e. The molecular formula is C16H24N2O2. The van der Waals surface area contributed by atoms with E-state index in [1.54, 1.807) is 30.0 Å². The van der Waals surface area contributed by atoms with E-state index in [2.05, 4.69) is 19.0 Å². The zero-order valence-corrected chi connectivity index (χ0v) is 12.8. The van der Waals surface area contributed by atoms with E-state index in [4.69, 9.17) is 0 Å². The minimum atomic E-state index is -0.112. The van der Waals surface area contributed by atoms with Crippen LogP contribution in [0.3, 0.4) is 0 Å². The van der Waals surface area contributed by atoms with Crippen molar-refractivity contribution in [3.8, 4) is 5.75 Å². The van der Waals surface area contributed by atoms with Crippen LogP contribution in [0.5, 0.6) is 5.75 Å². The first-order chi connectivity index (χ1) is 9.37. The molecule has 0 aromatic heterocycles. The molecule has 0 spiro atoms. The van der Waals surface area contributed by atoms with Crippen LogP contribution in [-0.4, -0.2) is 54.0 Å². The van der Waals surface area contributed by atoms with E-state index >= 15 is 0 Å². The van der Waals surface area contributed by atoms with E-state index in [0.29, 0.717) is 12.1 Å². The van der Waals surface area contributed by atoms with Gasteiger partial charge in [-0.3, -0.25) is 4.79 Å². The van der Waals surface area contributed by atoms with Crippen molar-refractivity contribution in [2.45, 2.75) is 31.7 Å². The number of carbonyl (C=O) groups excluding carboxylic acids is 1. The number of amides is 1. The molecule has 1 saturated carbocycles. The number of rotatable bonds is 4. The smallest absolute Gasteiger partial charge is 0.257 e. The van der Waals surface area contributed by atoms with Gasteiger partial charge in [0, 0.05) is 19.1 Å². The van der Waals surface area contributed by atoms with Crippen molar-refractivity contribution in [1.82, 2.24) is 9.80 Å². The Kier molecular flexibility index (Phi) is 4.04. The van der Waals surface area contributed by atoms with Gasteiger partial charge < -0.3 is 14.9 Å². The normalized spacial score (nSPS) is 16.9. The molecule has 1 aliphatic carbocycles. The number of nitrogens with zero attached hydrogens (tertiary/aromatic N) is 2. The van der Waals surface area contributed by atoms with Crippen LogP contribution in [0.2, 0.25) is 0 Å². The van der Waals surface area contributed by atoms with Gasteiger partial charge in [-0.15, -0.1) is 0 Å². The summed E-state index contributed by atoms with van der Waals surface area (Å²) < 4.78 is 0. The third-order valence-corrected chi connectivity index (χ3v) is 4.58. The Labute approximate surface area is 121 Å². The van der Waals surface area contributed by atoms with Crippen LogP contribution in [0.25, 0.3) is 0 Å². The largest absolute Gasteiger partial charge is 0.507 e. The second-order valence-electron chi connectivity index (χ2n) is 6.10. The summed E-state index contributed by atoms with van der Waals surface area (Å²) in [5.41, 5.74) is 1.22. The summed E-state index contributed by atoms with van der Waals surface area (Å²) in [6.07, 6.45) is 3.46. The Morgan fingerprint density at radius 2 is 1.95 bits per heavy atom. The lowest BCUT2D eigenvalue weighted by molar-refractivity contribution is 0.0251. The molecule has 110 valence electrons. The lowest BCUT2D eigenvalue weighted by Crippen LogP contribution is -2.57. The van der Waals surface area contributed by atoms with Crippen molar-refractivity contribution in [2.75, 3.05) is 27.7 Å². The maximum atomic E-state index is 12.5. The fourth-order valence-corrected chi connectivity index (χ4v) is 2.88. The van der Waals surface area contributed by atoms with E-state index in [0.717, 1.165) is 18.4 Å². The van der Waals surface area contributed by atoms with E-state index in [1.165, 1.54) is 6.42 Å². The summed E-state index contributed by atoms with van der Waals surface area (Å²) in [6, 6.07) is 5.30. The van der Waals surface area contributed by atoms with Gasteiger partial charge in [-0.1, -0.05) is 12.1 Å². The maximum absolute atomic E-state index is 12.5. The first-order valence-electron chi connectivity index (χ1n) is 7.09. The molecule has 0 radical (unpaired) electrons. The molecule has 0 bridgehead atoms. The second-order valence-corrected chi connectivity index (χ2v) is 6.10. The summed E-state index contributed by atoms with van der Waals surface area (Å²) in [7, 11) is 5.96. The Morgan fingerprint density at radius 1 is 1.30 bits per heavy atom. The van der Waals surface area contributed by atoms with Crippen molar-refractivity contribution in [1.29, 1.82) is 0 Å². The number of likely N-dealkylation sites (N-methyl/N-ethyl adjacent to an activating group) is 2. The predicted molar refractivity (Wildman–Crippen MR) is 80.1 cm³/mol. The number of aryl methyl sites for hydroxylation is 1. The first-order valence-corrected chi connectivity index (χ1v) is 7.09. The van der Waals surface area contributed by atoms with Gasteiger partial charge in [0.1, 0.15) is 5.75 Å². The summed E-state index contributed by atoms with van der Waals surface area (Å²) in [5.74, 6) is -0.0174. The molecule has 2 rings (SSSR count). The molecule has 0 aliphatic heterocycles. The number of phenols is 1. The average molecular weight is 276 g/mol. The minimum Gasteiger partial charge on any atom is -0.507 e. The van der Waals surface area contributed by atoms with Crippen molar-refractivity contribution in [3.05, 3.63) is 29.3 Å². The number of hydrogen-bond acceptors (Lipinski definition) is 3. The second kappa shape index (κ2) is 5.44. The summed E-state index contributed by atoms with van der Waals surface area (Å²) >= 11 is 0. The highest BCUT2D eigenvalue weighted by Gasteiger charge is 2.40. The molecule has 1 amide bonds. The summed E-state index contributed by atoms with van der Waals surface area (Å²) in [5, 5.41) is 10.0. The highest BCUT2D eigenvalue weighted by Crippen LogP contribution is 2.37. The number of hydrogen-bond donors (Lipinski definition) is 1. The number of benzene rings is 1. The van der Waals surface area contributed by atoms with E-state index in [-0.39, 0.29) is 17.2 Å². The summed E-state index contributed by atoms with van der Waals surface area (Å²) in [4.78, 5) is 16.5. The summed E-state index contributed by atoms with van der Waals surface area (Å²) in [6.45, 7) is 2.51. The molecular weight excluding hydrogens is 252 g/mol. The molecule has 1 aliphatic rings. The predicted octanol–water partition coefficient (Wildman–Crippen LogP) is 2.26. The van der Waals surface area contributed by atoms with Gasteiger partial charge >= 0.3 is 0 Å². The third-order valence-electron chi connectivity index (χ3n) is 4.58. The SMILES string of the molecule is Cc1cccc(C(=O)N(C)CC2(N(C)C)CCC2)c1O. The molecule has 0 unspecified atom stereocenters. The lowest BCUT2D eigenvalue weighted by atomic mass is 9.75. The fourth-order valence-electron chi connectivity index (χ4n) is 2.88. The first kappa shape index (κ1) is 14.9. The molecule has 1 N–H and O–H groups in total. The lowest BCUT2D eigenvalue weighted by Gasteiger charge is -2.49. The van der Waals surface area contributed by atoms with Crippen LogP contribution in [-0.2, 0) is 0 Å². The van der Waals surface area contributed by atoms with Crippen LogP contribution < -0.4 is 0 Å². The molecule has 0 saturated heterocycles. The van der Waals surface area contributed by atoms with Gasteiger partial charge in [-0.25, -0.2) is 0 Å². The quantitative estimate of drug-likeness (QED) is 0.917. The standard InChI is InChI=1S/C16H24N2O2/c1-12-7-5-8-13(14(12)19)15(20)18(4)11-16(17(2)3)9-6-10-16/h5,7-8,19H,6,9-11H2,1-4H3. The molecule has 1 aromatic carbocycles. The molecule has 0 atom stereocenters. The minimum absolute atomic E-state index is 0.0943. The number of carbonyl (C=O) groups is 1. The Morgan fingerprint density at radius 3 is 2.45 bits per heavy atom. The number of para-hydroxylation sites is 1. The van der Waals surface area contributed by atoms with Gasteiger partial charge in [-0.2, -0.15) is 0 Å². The van der Waals surface area contributed by atoms with Crippen LogP contribution in [0, 0.1) is 6.92 Å². The van der Waals surface area contributed by atoms with Gasteiger partial charge in [0.25, 0.3) is 5.91 Å². The molecule has 20 heavy (non-hydrogen) atoms. The number of aromatic hydroxyl groups is 1. The van der Waals surface area contributed by atoms with E-state index in [9.17, 15) is 9.90 Å². The van der Waals surface area contributed by atoms with Crippen molar-refractivity contribution in [2.24, 2.45) is 0 Å². The van der Waals surface area contributed by atoms with E-state index < -0.39 is 0 Å². The van der Waals surface area contributed by atoms with Gasteiger partial charge in [0.15, 0.2) is 0 Å². The topological polar surface area (TPSA) is 43.8 Å². The van der Waals surface area contributed by atoms with Crippen molar-refractivity contribution >= 4 is 5.91 Å². The highest BCUT2D eigenvalue weighted by atomic mass is 16.3. The fraction of sp³-hybridized carbons (Fsp3) is 0.562. The van der Waals surface area contributed by atoms with E-state index in [1.807, 2.05) is 7.05 Å². The zero-order chi connectivity index (χ0) is 14.9.